The minimum Gasteiger partial charge on any atom is -0.507 e. The number of H-pyrrole nitrogens is 1. The van der Waals surface area contributed by atoms with E-state index in [1.807, 2.05) is 0 Å². The van der Waals surface area contributed by atoms with Gasteiger partial charge in [-0.2, -0.15) is 0 Å². The Balaban J connectivity index is 1.96. The van der Waals surface area contributed by atoms with Crippen molar-refractivity contribution in [3.8, 4) is 5.75 Å². The summed E-state index contributed by atoms with van der Waals surface area (Å²) in [6, 6.07) is 3.73. The Morgan fingerprint density at radius 1 is 1.50 bits per heavy atom. The maximum atomic E-state index is 13.4. The van der Waals surface area contributed by atoms with E-state index in [4.69, 9.17) is 0 Å². The number of aromatic hydroxyl groups is 1. The van der Waals surface area contributed by atoms with Crippen LogP contribution in [-0.2, 0) is 6.42 Å². The topological polar surface area (TPSA) is 78.0 Å². The van der Waals surface area contributed by atoms with Gasteiger partial charge in [0, 0.05) is 25.4 Å². The Kier molecular flexibility index (Phi) is 3.57. The molecule has 0 saturated heterocycles. The smallest absolute Gasteiger partial charge is 0.258 e. The van der Waals surface area contributed by atoms with Crippen LogP contribution in [0.3, 0.4) is 0 Å². The fraction of sp³-hybridized carbons (Fsp3) is 0.167. The zero-order valence-electron chi connectivity index (χ0n) is 9.48. The first kappa shape index (κ1) is 12.1. The molecule has 5 nitrogen and oxygen atoms in total. The summed E-state index contributed by atoms with van der Waals surface area (Å²) in [6.07, 6.45) is 3.80. The Morgan fingerprint density at radius 2 is 2.33 bits per heavy atom. The van der Waals surface area contributed by atoms with Crippen LogP contribution in [0.15, 0.2) is 30.6 Å². The molecule has 0 aliphatic rings. The molecule has 2 rings (SSSR count). The molecular formula is C12H12FN3O2. The van der Waals surface area contributed by atoms with Gasteiger partial charge in [0.2, 0.25) is 0 Å². The third kappa shape index (κ3) is 2.65. The molecule has 0 aliphatic heterocycles. The molecule has 1 aromatic heterocycles. The van der Waals surface area contributed by atoms with Gasteiger partial charge in [-0.1, -0.05) is 6.07 Å². The van der Waals surface area contributed by atoms with Crippen molar-refractivity contribution < 1.29 is 14.3 Å². The number of hydrogen-bond donors (Lipinski definition) is 3. The van der Waals surface area contributed by atoms with Gasteiger partial charge in [-0.3, -0.25) is 4.79 Å². The summed E-state index contributed by atoms with van der Waals surface area (Å²) in [6.45, 7) is 0.306. The molecule has 1 heterocycles. The van der Waals surface area contributed by atoms with Crippen molar-refractivity contribution in [3.05, 3.63) is 47.8 Å². The van der Waals surface area contributed by atoms with Crippen molar-refractivity contribution in [2.45, 2.75) is 6.42 Å². The van der Waals surface area contributed by atoms with Gasteiger partial charge in [0.05, 0.1) is 0 Å². The van der Waals surface area contributed by atoms with Crippen LogP contribution in [0, 0.1) is 5.82 Å². The number of nitrogens with one attached hydrogen (secondary N) is 2. The summed E-state index contributed by atoms with van der Waals surface area (Å²) in [4.78, 5) is 18.6. The van der Waals surface area contributed by atoms with E-state index in [9.17, 15) is 14.3 Å². The van der Waals surface area contributed by atoms with E-state index in [2.05, 4.69) is 15.3 Å². The number of phenols is 1. The lowest BCUT2D eigenvalue weighted by atomic mass is 10.1. The lowest BCUT2D eigenvalue weighted by Gasteiger charge is -2.06. The average Bonchev–Trinajstić information content (AvgIpc) is 2.82. The number of rotatable bonds is 4. The predicted molar refractivity (Wildman–Crippen MR) is 62.7 cm³/mol. The van der Waals surface area contributed by atoms with E-state index < -0.39 is 11.7 Å². The number of phenolic OH excluding ortho intramolecular Hbond substituents is 1. The third-order valence-electron chi connectivity index (χ3n) is 2.42. The van der Waals surface area contributed by atoms with E-state index in [0.717, 1.165) is 11.9 Å². The lowest BCUT2D eigenvalue weighted by molar-refractivity contribution is 0.0947. The van der Waals surface area contributed by atoms with Crippen molar-refractivity contribution in [1.82, 2.24) is 15.3 Å². The number of aromatic nitrogens is 2. The second kappa shape index (κ2) is 5.31. The molecule has 0 aliphatic carbocycles. The molecule has 3 N–H and O–H groups in total. The van der Waals surface area contributed by atoms with E-state index >= 15 is 0 Å². The summed E-state index contributed by atoms with van der Waals surface area (Å²) in [5.74, 6) is -1.03. The first-order valence-electron chi connectivity index (χ1n) is 5.42. The number of amides is 1. The quantitative estimate of drug-likeness (QED) is 0.762. The molecule has 0 bridgehead atoms. The Hall–Kier alpha value is -2.37. The highest BCUT2D eigenvalue weighted by molar-refractivity contribution is 5.97. The van der Waals surface area contributed by atoms with E-state index in [1.165, 1.54) is 12.1 Å². The monoisotopic (exact) mass is 249 g/mol. The van der Waals surface area contributed by atoms with Crippen molar-refractivity contribution in [1.29, 1.82) is 0 Å². The first-order chi connectivity index (χ1) is 8.68. The molecule has 0 spiro atoms. The average molecular weight is 249 g/mol. The van der Waals surface area contributed by atoms with Gasteiger partial charge < -0.3 is 15.4 Å². The van der Waals surface area contributed by atoms with Gasteiger partial charge in [0.1, 0.15) is 23.0 Å². The van der Waals surface area contributed by atoms with Crippen LogP contribution in [0.5, 0.6) is 5.75 Å². The number of hydrogen-bond acceptors (Lipinski definition) is 3. The van der Waals surface area contributed by atoms with Crippen LogP contribution >= 0.6 is 0 Å². The molecule has 18 heavy (non-hydrogen) atoms. The molecule has 1 amide bonds. The van der Waals surface area contributed by atoms with Crippen LogP contribution in [0.2, 0.25) is 0 Å². The standard InChI is InChI=1S/C12H12FN3O2/c13-8-2-1-3-9(17)11(8)12(18)16-5-4-10-14-6-7-15-10/h1-3,6-7,17H,4-5H2,(H,14,15)(H,16,18). The number of carbonyl (C=O) groups is 1. The largest absolute Gasteiger partial charge is 0.507 e. The Labute approximate surface area is 103 Å². The van der Waals surface area contributed by atoms with Crippen LogP contribution in [0.1, 0.15) is 16.2 Å². The van der Waals surface area contributed by atoms with E-state index in [1.54, 1.807) is 12.4 Å². The van der Waals surface area contributed by atoms with Crippen LogP contribution in [0.25, 0.3) is 0 Å². The highest BCUT2D eigenvalue weighted by Crippen LogP contribution is 2.19. The molecule has 94 valence electrons. The van der Waals surface area contributed by atoms with Crippen molar-refractivity contribution in [2.24, 2.45) is 0 Å². The molecule has 0 unspecified atom stereocenters. The molecule has 0 atom stereocenters. The Bertz CT molecular complexity index is 520. The van der Waals surface area contributed by atoms with Crippen LogP contribution in [0.4, 0.5) is 4.39 Å². The van der Waals surface area contributed by atoms with Crippen molar-refractivity contribution >= 4 is 5.91 Å². The second-order valence-electron chi connectivity index (χ2n) is 3.68. The SMILES string of the molecule is O=C(NCCc1ncc[nH]1)c1c(O)cccc1F. The molecule has 6 heteroatoms. The van der Waals surface area contributed by atoms with Gasteiger partial charge in [-0.15, -0.1) is 0 Å². The molecule has 0 radical (unpaired) electrons. The first-order valence-corrected chi connectivity index (χ1v) is 5.42. The number of aromatic amines is 1. The summed E-state index contributed by atoms with van der Waals surface area (Å²) in [5, 5.41) is 11.9. The summed E-state index contributed by atoms with van der Waals surface area (Å²) < 4.78 is 13.4. The highest BCUT2D eigenvalue weighted by Gasteiger charge is 2.15. The molecular weight excluding hydrogens is 237 g/mol. The van der Waals surface area contributed by atoms with Crippen molar-refractivity contribution in [3.63, 3.8) is 0 Å². The van der Waals surface area contributed by atoms with E-state index in [-0.39, 0.29) is 11.3 Å². The summed E-state index contributed by atoms with van der Waals surface area (Å²) >= 11 is 0. The van der Waals surface area contributed by atoms with Gasteiger partial charge in [0.15, 0.2) is 0 Å². The van der Waals surface area contributed by atoms with Crippen LogP contribution in [-0.4, -0.2) is 27.5 Å². The zero-order valence-corrected chi connectivity index (χ0v) is 9.48. The van der Waals surface area contributed by atoms with Crippen molar-refractivity contribution in [2.75, 3.05) is 6.54 Å². The number of imidazole rings is 1. The second-order valence-corrected chi connectivity index (χ2v) is 3.68. The third-order valence-corrected chi connectivity index (χ3v) is 2.42. The number of benzene rings is 1. The number of nitrogens with zero attached hydrogens (tertiary/aromatic N) is 1. The molecule has 0 saturated carbocycles. The highest BCUT2D eigenvalue weighted by atomic mass is 19.1. The molecule has 0 fully saturated rings. The predicted octanol–water partition coefficient (Wildman–Crippen LogP) is 1.23. The Morgan fingerprint density at radius 3 is 3.00 bits per heavy atom. The van der Waals surface area contributed by atoms with Crippen LogP contribution < -0.4 is 5.32 Å². The number of carbonyl (C=O) groups excluding carboxylic acids is 1. The maximum Gasteiger partial charge on any atom is 0.258 e. The van der Waals surface area contributed by atoms with Gasteiger partial charge in [-0.25, -0.2) is 9.37 Å². The molecule has 2 aromatic rings. The maximum absolute atomic E-state index is 13.4. The van der Waals surface area contributed by atoms with E-state index in [0.29, 0.717) is 13.0 Å². The fourth-order valence-electron chi connectivity index (χ4n) is 1.56. The zero-order chi connectivity index (χ0) is 13.0. The minimum absolute atomic E-state index is 0.306. The van der Waals surface area contributed by atoms with Gasteiger partial charge in [-0.05, 0) is 12.1 Å². The fourth-order valence-corrected chi connectivity index (χ4v) is 1.56. The van der Waals surface area contributed by atoms with Gasteiger partial charge >= 0.3 is 0 Å². The normalized spacial score (nSPS) is 10.3. The van der Waals surface area contributed by atoms with Gasteiger partial charge in [0.25, 0.3) is 5.91 Å². The molecule has 1 aromatic carbocycles. The number of halogens is 1. The minimum atomic E-state index is -0.745. The lowest BCUT2D eigenvalue weighted by Crippen LogP contribution is -2.26. The summed E-state index contributed by atoms with van der Waals surface area (Å²) in [7, 11) is 0. The summed E-state index contributed by atoms with van der Waals surface area (Å²) in [5.41, 5.74) is -0.336.